The van der Waals surface area contributed by atoms with Gasteiger partial charge < -0.3 is 14.4 Å². The molecule has 0 spiro atoms. The number of hydrogen-bond donors (Lipinski definition) is 1. The van der Waals surface area contributed by atoms with Gasteiger partial charge in [0.05, 0.1) is 19.4 Å². The Labute approximate surface area is 105 Å². The van der Waals surface area contributed by atoms with E-state index >= 15 is 0 Å². The van der Waals surface area contributed by atoms with Crippen LogP contribution in [-0.4, -0.2) is 11.7 Å². The van der Waals surface area contributed by atoms with Crippen molar-refractivity contribution in [2.45, 2.75) is 20.1 Å². The molecule has 2 aromatic rings. The molecule has 4 heteroatoms. The standard InChI is InChI=1S/C14H16FNO2/c1-2-16(9-13-4-3-7-18-13)14-6-5-12(15)8-11(14)10-17/h3-8,17H,2,9-10H2,1H3. The molecule has 0 atom stereocenters. The molecule has 1 N–H and O–H groups in total. The molecule has 0 amide bonds. The van der Waals surface area contributed by atoms with Gasteiger partial charge in [0.25, 0.3) is 0 Å². The topological polar surface area (TPSA) is 36.6 Å². The fourth-order valence-electron chi connectivity index (χ4n) is 1.95. The maximum absolute atomic E-state index is 13.1. The summed E-state index contributed by atoms with van der Waals surface area (Å²) in [5, 5.41) is 9.30. The first-order valence-corrected chi connectivity index (χ1v) is 5.91. The summed E-state index contributed by atoms with van der Waals surface area (Å²) in [6.07, 6.45) is 1.63. The molecular weight excluding hydrogens is 233 g/mol. The molecule has 0 saturated carbocycles. The Hall–Kier alpha value is -1.81. The molecule has 0 aliphatic rings. The molecule has 1 aromatic heterocycles. The molecule has 0 aliphatic heterocycles. The molecule has 18 heavy (non-hydrogen) atoms. The first kappa shape index (κ1) is 12.6. The van der Waals surface area contributed by atoms with Crippen LogP contribution in [0.3, 0.4) is 0 Å². The molecule has 0 aliphatic carbocycles. The first-order chi connectivity index (χ1) is 8.74. The molecule has 1 heterocycles. The van der Waals surface area contributed by atoms with Crippen molar-refractivity contribution in [3.05, 3.63) is 53.7 Å². The highest BCUT2D eigenvalue weighted by Gasteiger charge is 2.12. The van der Waals surface area contributed by atoms with E-state index in [1.807, 2.05) is 24.0 Å². The summed E-state index contributed by atoms with van der Waals surface area (Å²) in [5.74, 6) is 0.502. The molecule has 2 rings (SSSR count). The molecular formula is C14H16FNO2. The minimum Gasteiger partial charge on any atom is -0.467 e. The van der Waals surface area contributed by atoms with Crippen molar-refractivity contribution in [3.8, 4) is 0 Å². The zero-order valence-corrected chi connectivity index (χ0v) is 10.3. The number of anilines is 1. The van der Waals surface area contributed by atoms with Gasteiger partial charge in [-0.2, -0.15) is 0 Å². The molecule has 0 fully saturated rings. The second kappa shape index (κ2) is 5.69. The molecule has 0 unspecified atom stereocenters. The summed E-state index contributed by atoms with van der Waals surface area (Å²) >= 11 is 0. The van der Waals surface area contributed by atoms with Crippen LogP contribution in [0.1, 0.15) is 18.2 Å². The van der Waals surface area contributed by atoms with E-state index in [1.54, 1.807) is 12.3 Å². The van der Waals surface area contributed by atoms with E-state index in [9.17, 15) is 9.50 Å². The van der Waals surface area contributed by atoms with Gasteiger partial charge in [0.1, 0.15) is 11.6 Å². The minimum absolute atomic E-state index is 0.179. The van der Waals surface area contributed by atoms with Gasteiger partial charge in [-0.25, -0.2) is 4.39 Å². The molecule has 96 valence electrons. The highest BCUT2D eigenvalue weighted by molar-refractivity contribution is 5.53. The highest BCUT2D eigenvalue weighted by Crippen LogP contribution is 2.23. The smallest absolute Gasteiger partial charge is 0.123 e. The van der Waals surface area contributed by atoms with Crippen molar-refractivity contribution >= 4 is 5.69 Å². The van der Waals surface area contributed by atoms with Crippen LogP contribution in [0.2, 0.25) is 0 Å². The van der Waals surface area contributed by atoms with Crippen LogP contribution >= 0.6 is 0 Å². The fourth-order valence-corrected chi connectivity index (χ4v) is 1.95. The molecule has 1 aromatic carbocycles. The van der Waals surface area contributed by atoms with E-state index in [1.165, 1.54) is 12.1 Å². The Morgan fingerprint density at radius 3 is 2.78 bits per heavy atom. The maximum Gasteiger partial charge on any atom is 0.123 e. The second-order valence-electron chi connectivity index (χ2n) is 4.02. The predicted octanol–water partition coefficient (Wildman–Crippen LogP) is 2.94. The van der Waals surface area contributed by atoms with Crippen molar-refractivity contribution in [3.63, 3.8) is 0 Å². The van der Waals surface area contributed by atoms with Gasteiger partial charge in [0, 0.05) is 17.8 Å². The quantitative estimate of drug-likeness (QED) is 0.885. The first-order valence-electron chi connectivity index (χ1n) is 5.91. The number of aliphatic hydroxyl groups is 1. The third kappa shape index (κ3) is 2.71. The van der Waals surface area contributed by atoms with Crippen LogP contribution in [0, 0.1) is 5.82 Å². The van der Waals surface area contributed by atoms with Gasteiger partial charge in [-0.15, -0.1) is 0 Å². The summed E-state index contributed by atoms with van der Waals surface area (Å²) in [5.41, 5.74) is 1.42. The van der Waals surface area contributed by atoms with Gasteiger partial charge in [0.2, 0.25) is 0 Å². The summed E-state index contributed by atoms with van der Waals surface area (Å²) < 4.78 is 18.4. The fraction of sp³-hybridized carbons (Fsp3) is 0.286. The molecule has 0 radical (unpaired) electrons. The zero-order chi connectivity index (χ0) is 13.0. The zero-order valence-electron chi connectivity index (χ0n) is 10.3. The van der Waals surface area contributed by atoms with E-state index in [-0.39, 0.29) is 12.4 Å². The Balaban J connectivity index is 2.26. The highest BCUT2D eigenvalue weighted by atomic mass is 19.1. The third-order valence-electron chi connectivity index (χ3n) is 2.86. The Morgan fingerprint density at radius 1 is 1.33 bits per heavy atom. The summed E-state index contributed by atoms with van der Waals surface area (Å²) in [7, 11) is 0. The number of halogens is 1. The third-order valence-corrected chi connectivity index (χ3v) is 2.86. The molecule has 0 saturated heterocycles. The SMILES string of the molecule is CCN(Cc1ccco1)c1ccc(F)cc1CO. The lowest BCUT2D eigenvalue weighted by Gasteiger charge is -2.24. The number of rotatable bonds is 5. The van der Waals surface area contributed by atoms with Gasteiger partial charge in [0.15, 0.2) is 0 Å². The van der Waals surface area contributed by atoms with Crippen molar-refractivity contribution in [2.75, 3.05) is 11.4 Å². The van der Waals surface area contributed by atoms with Crippen molar-refractivity contribution in [2.24, 2.45) is 0 Å². The number of hydrogen-bond acceptors (Lipinski definition) is 3. The Bertz CT molecular complexity index is 497. The van der Waals surface area contributed by atoms with Crippen molar-refractivity contribution in [1.82, 2.24) is 0 Å². The van der Waals surface area contributed by atoms with Crippen LogP contribution in [-0.2, 0) is 13.2 Å². The second-order valence-corrected chi connectivity index (χ2v) is 4.02. The normalized spacial score (nSPS) is 10.6. The number of benzene rings is 1. The minimum atomic E-state index is -0.336. The maximum atomic E-state index is 13.1. The van der Waals surface area contributed by atoms with E-state index in [4.69, 9.17) is 4.42 Å². The lowest BCUT2D eigenvalue weighted by atomic mass is 10.1. The van der Waals surface area contributed by atoms with E-state index < -0.39 is 0 Å². The Kier molecular flexibility index (Phi) is 3.99. The molecule has 3 nitrogen and oxygen atoms in total. The van der Waals surface area contributed by atoms with Crippen molar-refractivity contribution < 1.29 is 13.9 Å². The number of aliphatic hydroxyl groups excluding tert-OH is 1. The predicted molar refractivity (Wildman–Crippen MR) is 67.8 cm³/mol. The van der Waals surface area contributed by atoms with Crippen LogP contribution in [0.4, 0.5) is 10.1 Å². The van der Waals surface area contributed by atoms with Gasteiger partial charge in [-0.1, -0.05) is 0 Å². The van der Waals surface area contributed by atoms with Crippen LogP contribution < -0.4 is 4.90 Å². The van der Waals surface area contributed by atoms with Crippen LogP contribution in [0.15, 0.2) is 41.0 Å². The average molecular weight is 249 g/mol. The lowest BCUT2D eigenvalue weighted by Crippen LogP contribution is -2.23. The monoisotopic (exact) mass is 249 g/mol. The van der Waals surface area contributed by atoms with Crippen LogP contribution in [0.25, 0.3) is 0 Å². The number of furan rings is 1. The lowest BCUT2D eigenvalue weighted by molar-refractivity contribution is 0.281. The Morgan fingerprint density at radius 2 is 2.17 bits per heavy atom. The summed E-state index contributed by atoms with van der Waals surface area (Å²) in [4.78, 5) is 2.03. The summed E-state index contributed by atoms with van der Waals surface area (Å²) in [6, 6.07) is 8.18. The van der Waals surface area contributed by atoms with Gasteiger partial charge in [-0.3, -0.25) is 0 Å². The van der Waals surface area contributed by atoms with Crippen LogP contribution in [0.5, 0.6) is 0 Å². The average Bonchev–Trinajstić information content (AvgIpc) is 2.89. The van der Waals surface area contributed by atoms with E-state index in [0.717, 1.165) is 18.0 Å². The van der Waals surface area contributed by atoms with Crippen molar-refractivity contribution in [1.29, 1.82) is 0 Å². The number of nitrogens with zero attached hydrogens (tertiary/aromatic N) is 1. The van der Waals surface area contributed by atoms with E-state index in [0.29, 0.717) is 12.1 Å². The summed E-state index contributed by atoms with van der Waals surface area (Å²) in [6.45, 7) is 3.18. The molecule has 0 bridgehead atoms. The largest absolute Gasteiger partial charge is 0.467 e. The van der Waals surface area contributed by atoms with Gasteiger partial charge in [-0.05, 0) is 37.3 Å². The van der Waals surface area contributed by atoms with Gasteiger partial charge >= 0.3 is 0 Å². The van der Waals surface area contributed by atoms with E-state index in [2.05, 4.69) is 0 Å².